The van der Waals surface area contributed by atoms with E-state index >= 15 is 0 Å². The van der Waals surface area contributed by atoms with Crippen LogP contribution in [-0.2, 0) is 25.5 Å². The van der Waals surface area contributed by atoms with E-state index in [1.165, 1.54) is 25.3 Å². The van der Waals surface area contributed by atoms with E-state index in [1.54, 1.807) is 30.3 Å². The Hall–Kier alpha value is -3.42. The highest BCUT2D eigenvalue weighted by Gasteiger charge is 2.10. The van der Waals surface area contributed by atoms with Crippen LogP contribution >= 0.6 is 0 Å². The molecule has 8 heteroatoms. The first-order valence-electron chi connectivity index (χ1n) is 7.21. The van der Waals surface area contributed by atoms with Crippen LogP contribution in [0.1, 0.15) is 5.56 Å². The number of methoxy groups -OCH3 is 1. The third kappa shape index (κ3) is 5.61. The van der Waals surface area contributed by atoms with Gasteiger partial charge in [0.25, 0.3) is 5.69 Å². The number of rotatable bonds is 7. The van der Waals surface area contributed by atoms with Gasteiger partial charge in [-0.05, 0) is 23.8 Å². The fraction of sp³-hybridized carbons (Fsp3) is 0.176. The second-order valence-corrected chi connectivity index (χ2v) is 4.91. The summed E-state index contributed by atoms with van der Waals surface area (Å²) >= 11 is 0. The van der Waals surface area contributed by atoms with Crippen molar-refractivity contribution in [3.63, 3.8) is 0 Å². The number of hydrogen-bond donors (Lipinski definition) is 0. The zero-order valence-corrected chi connectivity index (χ0v) is 13.3. The van der Waals surface area contributed by atoms with Gasteiger partial charge < -0.3 is 14.2 Å². The summed E-state index contributed by atoms with van der Waals surface area (Å²) in [6.45, 7) is -0.427. The van der Waals surface area contributed by atoms with Crippen molar-refractivity contribution in [1.29, 1.82) is 0 Å². The Bertz CT molecular complexity index is 771. The van der Waals surface area contributed by atoms with Crippen LogP contribution in [-0.4, -0.2) is 30.6 Å². The van der Waals surface area contributed by atoms with E-state index in [4.69, 9.17) is 9.47 Å². The molecule has 0 radical (unpaired) electrons. The van der Waals surface area contributed by atoms with E-state index in [0.717, 1.165) is 0 Å². The lowest BCUT2D eigenvalue weighted by Crippen LogP contribution is -2.16. The molecular formula is C17H15NO7. The van der Waals surface area contributed by atoms with E-state index in [2.05, 4.69) is 4.74 Å². The molecule has 2 aromatic carbocycles. The van der Waals surface area contributed by atoms with Gasteiger partial charge in [-0.3, -0.25) is 14.9 Å². The summed E-state index contributed by atoms with van der Waals surface area (Å²) in [6.07, 6.45) is -0.00587. The van der Waals surface area contributed by atoms with Gasteiger partial charge in [0.05, 0.1) is 24.5 Å². The standard InChI is InChI=1S/C17H15NO7/c1-23-17(20)11-24-16(19)9-12-5-7-14(8-6-12)25-15-4-2-3-13(10-15)18(21)22/h2-8,10H,9,11H2,1H3. The molecule has 0 heterocycles. The van der Waals surface area contributed by atoms with Crippen LogP contribution in [0.4, 0.5) is 5.69 Å². The van der Waals surface area contributed by atoms with Crippen molar-refractivity contribution in [1.82, 2.24) is 0 Å². The molecule has 0 amide bonds. The normalized spacial score (nSPS) is 9.96. The summed E-state index contributed by atoms with van der Waals surface area (Å²) in [4.78, 5) is 32.7. The average Bonchev–Trinajstić information content (AvgIpc) is 2.61. The summed E-state index contributed by atoms with van der Waals surface area (Å²) in [7, 11) is 1.20. The quantitative estimate of drug-likeness (QED) is 0.431. The van der Waals surface area contributed by atoms with E-state index in [9.17, 15) is 19.7 Å². The number of carbonyl (C=O) groups is 2. The van der Waals surface area contributed by atoms with Crippen LogP contribution in [0, 0.1) is 10.1 Å². The van der Waals surface area contributed by atoms with E-state index in [1.807, 2.05) is 0 Å². The predicted octanol–water partition coefficient (Wildman–Crippen LogP) is 2.65. The summed E-state index contributed by atoms with van der Waals surface area (Å²) in [5.74, 6) is -0.390. The van der Waals surface area contributed by atoms with Crippen molar-refractivity contribution >= 4 is 17.6 Å². The van der Waals surface area contributed by atoms with Crippen LogP contribution in [0.25, 0.3) is 0 Å². The predicted molar refractivity (Wildman–Crippen MR) is 86.3 cm³/mol. The highest BCUT2D eigenvalue weighted by atomic mass is 16.6. The molecule has 0 unspecified atom stereocenters. The molecule has 0 bridgehead atoms. The molecule has 0 N–H and O–H groups in total. The molecular weight excluding hydrogens is 330 g/mol. The van der Waals surface area contributed by atoms with Gasteiger partial charge in [0.15, 0.2) is 6.61 Å². The first-order valence-corrected chi connectivity index (χ1v) is 7.21. The van der Waals surface area contributed by atoms with Gasteiger partial charge in [-0.2, -0.15) is 0 Å². The van der Waals surface area contributed by atoms with Crippen molar-refractivity contribution in [3.8, 4) is 11.5 Å². The number of carbonyl (C=O) groups excluding carboxylic acids is 2. The van der Waals surface area contributed by atoms with Crippen molar-refractivity contribution in [3.05, 3.63) is 64.2 Å². The van der Waals surface area contributed by atoms with E-state index in [-0.39, 0.29) is 12.1 Å². The number of nitrogens with zero attached hydrogens (tertiary/aromatic N) is 1. The SMILES string of the molecule is COC(=O)COC(=O)Cc1ccc(Oc2cccc([N+](=O)[O-])c2)cc1. The molecule has 2 rings (SSSR count). The summed E-state index contributed by atoms with van der Waals surface area (Å²) in [5, 5.41) is 10.7. The largest absolute Gasteiger partial charge is 0.466 e. The molecule has 0 atom stereocenters. The third-order valence-electron chi connectivity index (χ3n) is 3.11. The Balaban J connectivity index is 1.93. The van der Waals surface area contributed by atoms with Gasteiger partial charge in [-0.1, -0.05) is 18.2 Å². The van der Waals surface area contributed by atoms with Crippen LogP contribution in [0.2, 0.25) is 0 Å². The maximum absolute atomic E-state index is 11.6. The van der Waals surface area contributed by atoms with E-state index < -0.39 is 23.5 Å². The topological polar surface area (TPSA) is 105 Å². The molecule has 0 aliphatic carbocycles. The first-order chi connectivity index (χ1) is 12.0. The van der Waals surface area contributed by atoms with Gasteiger partial charge in [-0.15, -0.1) is 0 Å². The maximum atomic E-state index is 11.6. The monoisotopic (exact) mass is 345 g/mol. The molecule has 0 saturated carbocycles. The molecule has 0 spiro atoms. The third-order valence-corrected chi connectivity index (χ3v) is 3.11. The van der Waals surface area contributed by atoms with Crippen LogP contribution in [0.15, 0.2) is 48.5 Å². The lowest BCUT2D eigenvalue weighted by molar-refractivity contribution is -0.384. The van der Waals surface area contributed by atoms with Gasteiger partial charge in [-0.25, -0.2) is 4.79 Å². The molecule has 2 aromatic rings. The van der Waals surface area contributed by atoms with Gasteiger partial charge in [0.1, 0.15) is 11.5 Å². The molecule has 130 valence electrons. The number of ether oxygens (including phenoxy) is 3. The van der Waals surface area contributed by atoms with Gasteiger partial charge >= 0.3 is 11.9 Å². The van der Waals surface area contributed by atoms with Gasteiger partial charge in [0.2, 0.25) is 0 Å². The first kappa shape index (κ1) is 17.9. The number of benzene rings is 2. The maximum Gasteiger partial charge on any atom is 0.344 e. The minimum Gasteiger partial charge on any atom is -0.466 e. The van der Waals surface area contributed by atoms with Gasteiger partial charge in [0, 0.05) is 6.07 Å². The second kappa shape index (κ2) is 8.44. The zero-order chi connectivity index (χ0) is 18.2. The van der Waals surface area contributed by atoms with Crippen molar-refractivity contribution in [2.45, 2.75) is 6.42 Å². The molecule has 0 aliphatic heterocycles. The Morgan fingerprint density at radius 1 is 1.04 bits per heavy atom. The molecule has 25 heavy (non-hydrogen) atoms. The van der Waals surface area contributed by atoms with Crippen molar-refractivity contribution in [2.24, 2.45) is 0 Å². The van der Waals surface area contributed by atoms with Crippen LogP contribution in [0.5, 0.6) is 11.5 Å². The number of hydrogen-bond acceptors (Lipinski definition) is 7. The molecule has 0 aliphatic rings. The Kier molecular flexibility index (Phi) is 6.05. The highest BCUT2D eigenvalue weighted by molar-refractivity contribution is 5.77. The Morgan fingerprint density at radius 3 is 2.40 bits per heavy atom. The lowest BCUT2D eigenvalue weighted by atomic mass is 10.1. The summed E-state index contributed by atoms with van der Waals surface area (Å²) in [5.41, 5.74) is 0.601. The smallest absolute Gasteiger partial charge is 0.344 e. The van der Waals surface area contributed by atoms with Crippen molar-refractivity contribution < 1.29 is 28.7 Å². The number of non-ortho nitro benzene ring substituents is 1. The Labute approximate surface area is 143 Å². The summed E-state index contributed by atoms with van der Waals surface area (Å²) in [6, 6.07) is 12.4. The molecule has 0 saturated heterocycles. The summed E-state index contributed by atoms with van der Waals surface area (Å²) < 4.78 is 14.7. The molecule has 0 aromatic heterocycles. The van der Waals surface area contributed by atoms with Crippen molar-refractivity contribution in [2.75, 3.05) is 13.7 Å². The average molecular weight is 345 g/mol. The fourth-order valence-corrected chi connectivity index (χ4v) is 1.89. The highest BCUT2D eigenvalue weighted by Crippen LogP contribution is 2.25. The fourth-order valence-electron chi connectivity index (χ4n) is 1.89. The Morgan fingerprint density at radius 2 is 1.76 bits per heavy atom. The van der Waals surface area contributed by atoms with Crippen LogP contribution in [0.3, 0.4) is 0 Å². The number of esters is 2. The zero-order valence-electron chi connectivity index (χ0n) is 13.3. The number of nitro benzene ring substituents is 1. The molecule has 8 nitrogen and oxygen atoms in total. The molecule has 0 fully saturated rings. The minimum atomic E-state index is -0.631. The number of nitro groups is 1. The second-order valence-electron chi connectivity index (χ2n) is 4.91. The van der Waals surface area contributed by atoms with Crippen LogP contribution < -0.4 is 4.74 Å². The lowest BCUT2D eigenvalue weighted by Gasteiger charge is -2.07. The van der Waals surface area contributed by atoms with E-state index in [0.29, 0.717) is 17.1 Å². The minimum absolute atomic E-state index is 0.00587.